The Kier molecular flexibility index (Phi) is 4.44. The first-order valence-corrected chi connectivity index (χ1v) is 8.94. The first-order valence-electron chi connectivity index (χ1n) is 8.94. The standard InChI is InChI=1S/C20H22N4O2/c21-18(25)14-5-4-6-17(12-14)24-10-7-15-11-16(13-22-19(15)24)20(26)23-8-2-1-3-9-23/h4-7,10-13,18,25H,1-3,8-9,21H2/t18-/m0/s1. The van der Waals surface area contributed by atoms with E-state index in [2.05, 4.69) is 4.98 Å². The molecule has 3 aromatic rings. The molecule has 6 nitrogen and oxygen atoms in total. The summed E-state index contributed by atoms with van der Waals surface area (Å²) in [7, 11) is 0. The minimum absolute atomic E-state index is 0.0556. The number of carbonyl (C=O) groups excluding carboxylic acids is 1. The monoisotopic (exact) mass is 350 g/mol. The number of piperidine rings is 1. The molecule has 134 valence electrons. The summed E-state index contributed by atoms with van der Waals surface area (Å²) in [6.07, 6.45) is 5.88. The van der Waals surface area contributed by atoms with Crippen LogP contribution in [0.4, 0.5) is 0 Å². The molecule has 0 spiro atoms. The Morgan fingerprint density at radius 1 is 1.15 bits per heavy atom. The molecule has 4 rings (SSSR count). The minimum Gasteiger partial charge on any atom is -0.375 e. The largest absolute Gasteiger partial charge is 0.375 e. The molecule has 0 aliphatic carbocycles. The van der Waals surface area contributed by atoms with E-state index in [0.717, 1.165) is 42.7 Å². The Bertz CT molecular complexity index is 942. The van der Waals surface area contributed by atoms with Crippen LogP contribution in [0.3, 0.4) is 0 Å². The Hall–Kier alpha value is -2.70. The van der Waals surface area contributed by atoms with E-state index in [1.165, 1.54) is 6.42 Å². The fourth-order valence-electron chi connectivity index (χ4n) is 3.49. The van der Waals surface area contributed by atoms with Gasteiger partial charge in [0.05, 0.1) is 5.56 Å². The van der Waals surface area contributed by atoms with E-state index >= 15 is 0 Å². The average Bonchev–Trinajstić information content (AvgIpc) is 3.11. The summed E-state index contributed by atoms with van der Waals surface area (Å²) in [6, 6.07) is 11.2. The van der Waals surface area contributed by atoms with Gasteiger partial charge in [0.15, 0.2) is 0 Å². The summed E-state index contributed by atoms with van der Waals surface area (Å²) < 4.78 is 1.93. The second kappa shape index (κ2) is 6.90. The Labute approximate surface area is 151 Å². The van der Waals surface area contributed by atoms with Crippen molar-refractivity contribution < 1.29 is 9.90 Å². The number of nitrogens with two attached hydrogens (primary N) is 1. The summed E-state index contributed by atoms with van der Waals surface area (Å²) in [5.74, 6) is 0.0556. The van der Waals surface area contributed by atoms with E-state index in [9.17, 15) is 9.90 Å². The first-order chi connectivity index (χ1) is 12.6. The maximum atomic E-state index is 12.7. The highest BCUT2D eigenvalue weighted by molar-refractivity contribution is 5.97. The molecule has 26 heavy (non-hydrogen) atoms. The number of nitrogens with zero attached hydrogens (tertiary/aromatic N) is 3. The van der Waals surface area contributed by atoms with Crippen molar-refractivity contribution in [2.24, 2.45) is 5.73 Å². The number of carbonyl (C=O) groups is 1. The van der Waals surface area contributed by atoms with Gasteiger partial charge in [0.1, 0.15) is 11.9 Å². The molecule has 6 heteroatoms. The van der Waals surface area contributed by atoms with E-state index in [1.54, 1.807) is 12.3 Å². The van der Waals surface area contributed by atoms with Crippen molar-refractivity contribution >= 4 is 16.9 Å². The van der Waals surface area contributed by atoms with E-state index in [1.807, 2.05) is 46.0 Å². The molecular formula is C20H22N4O2. The summed E-state index contributed by atoms with van der Waals surface area (Å²) in [5, 5.41) is 10.5. The molecule has 3 N–H and O–H groups in total. The van der Waals surface area contributed by atoms with Crippen LogP contribution in [-0.2, 0) is 0 Å². The second-order valence-electron chi connectivity index (χ2n) is 6.72. The lowest BCUT2D eigenvalue weighted by atomic mass is 10.1. The Morgan fingerprint density at radius 2 is 1.96 bits per heavy atom. The van der Waals surface area contributed by atoms with Gasteiger partial charge < -0.3 is 20.3 Å². The SMILES string of the molecule is N[C@@H](O)c1cccc(-n2ccc3cc(C(=O)N4CCCCC4)cnc32)c1. The Morgan fingerprint density at radius 3 is 2.73 bits per heavy atom. The van der Waals surface area contributed by atoms with Crippen LogP contribution in [0.15, 0.2) is 48.8 Å². The molecule has 2 aromatic heterocycles. The topological polar surface area (TPSA) is 84.4 Å². The highest BCUT2D eigenvalue weighted by Crippen LogP contribution is 2.22. The van der Waals surface area contributed by atoms with E-state index in [0.29, 0.717) is 11.1 Å². The van der Waals surface area contributed by atoms with Gasteiger partial charge >= 0.3 is 0 Å². The number of aromatic nitrogens is 2. The number of aliphatic hydroxyl groups excluding tert-OH is 1. The van der Waals surface area contributed by atoms with Crippen LogP contribution in [0.25, 0.3) is 16.7 Å². The van der Waals surface area contributed by atoms with Crippen molar-refractivity contribution in [1.82, 2.24) is 14.5 Å². The number of pyridine rings is 1. The zero-order chi connectivity index (χ0) is 18.1. The number of hydrogen-bond acceptors (Lipinski definition) is 4. The summed E-state index contributed by atoms with van der Waals surface area (Å²) >= 11 is 0. The highest BCUT2D eigenvalue weighted by Gasteiger charge is 2.19. The molecule has 1 fully saturated rings. The van der Waals surface area contributed by atoms with Crippen molar-refractivity contribution in [2.45, 2.75) is 25.5 Å². The molecule has 1 atom stereocenters. The van der Waals surface area contributed by atoms with Gasteiger partial charge in [-0.25, -0.2) is 4.98 Å². The summed E-state index contributed by atoms with van der Waals surface area (Å²) in [5.41, 5.74) is 8.46. The molecule has 3 heterocycles. The second-order valence-corrected chi connectivity index (χ2v) is 6.72. The molecule has 1 aromatic carbocycles. The predicted octanol–water partition coefficient (Wildman–Crippen LogP) is 2.60. The molecular weight excluding hydrogens is 328 g/mol. The number of benzene rings is 1. The van der Waals surface area contributed by atoms with Crippen molar-refractivity contribution in [1.29, 1.82) is 0 Å². The molecule has 1 amide bonds. The molecule has 1 aliphatic heterocycles. The van der Waals surface area contributed by atoms with Gasteiger partial charge in [-0.3, -0.25) is 4.79 Å². The number of aliphatic hydroxyl groups is 1. The van der Waals surface area contributed by atoms with Gasteiger partial charge in [0, 0.05) is 36.6 Å². The highest BCUT2D eigenvalue weighted by atomic mass is 16.3. The third kappa shape index (κ3) is 3.09. The molecule has 0 saturated carbocycles. The predicted molar refractivity (Wildman–Crippen MR) is 100.0 cm³/mol. The van der Waals surface area contributed by atoms with Crippen LogP contribution in [0.2, 0.25) is 0 Å². The summed E-state index contributed by atoms with van der Waals surface area (Å²) in [6.45, 7) is 1.65. The third-order valence-electron chi connectivity index (χ3n) is 4.91. The fraction of sp³-hybridized carbons (Fsp3) is 0.300. The fourth-order valence-corrected chi connectivity index (χ4v) is 3.49. The molecule has 1 saturated heterocycles. The van der Waals surface area contributed by atoms with Gasteiger partial charge in [-0.15, -0.1) is 0 Å². The molecule has 1 aliphatic rings. The van der Waals surface area contributed by atoms with E-state index in [-0.39, 0.29) is 5.91 Å². The maximum Gasteiger partial charge on any atom is 0.255 e. The first kappa shape index (κ1) is 16.8. The van der Waals surface area contributed by atoms with Crippen LogP contribution < -0.4 is 5.73 Å². The lowest BCUT2D eigenvalue weighted by Gasteiger charge is -2.26. The van der Waals surface area contributed by atoms with Crippen LogP contribution in [0.1, 0.15) is 41.4 Å². The maximum absolute atomic E-state index is 12.7. The number of likely N-dealkylation sites (tertiary alicyclic amines) is 1. The summed E-state index contributed by atoms with van der Waals surface area (Å²) in [4.78, 5) is 19.1. The normalized spacial score (nSPS) is 16.0. The van der Waals surface area contributed by atoms with Gasteiger partial charge in [-0.1, -0.05) is 12.1 Å². The number of rotatable bonds is 3. The van der Waals surface area contributed by atoms with Gasteiger partial charge in [0.2, 0.25) is 0 Å². The Balaban J connectivity index is 1.67. The van der Waals surface area contributed by atoms with Crippen molar-refractivity contribution in [3.8, 4) is 5.69 Å². The average molecular weight is 350 g/mol. The molecule has 0 bridgehead atoms. The lowest BCUT2D eigenvalue weighted by molar-refractivity contribution is 0.0724. The van der Waals surface area contributed by atoms with Crippen LogP contribution in [0.5, 0.6) is 0 Å². The van der Waals surface area contributed by atoms with Crippen LogP contribution >= 0.6 is 0 Å². The van der Waals surface area contributed by atoms with Crippen LogP contribution in [0, 0.1) is 0 Å². The van der Waals surface area contributed by atoms with Crippen molar-refractivity contribution in [3.63, 3.8) is 0 Å². The number of amides is 1. The number of hydrogen-bond donors (Lipinski definition) is 2. The molecule has 0 radical (unpaired) electrons. The lowest BCUT2D eigenvalue weighted by Crippen LogP contribution is -2.35. The smallest absolute Gasteiger partial charge is 0.255 e. The van der Waals surface area contributed by atoms with E-state index < -0.39 is 6.23 Å². The van der Waals surface area contributed by atoms with E-state index in [4.69, 9.17) is 5.73 Å². The van der Waals surface area contributed by atoms with Gasteiger partial charge in [0.25, 0.3) is 5.91 Å². The van der Waals surface area contributed by atoms with Gasteiger partial charge in [-0.05, 0) is 49.1 Å². The van der Waals surface area contributed by atoms with Gasteiger partial charge in [-0.2, -0.15) is 0 Å². The van der Waals surface area contributed by atoms with Crippen molar-refractivity contribution in [3.05, 3.63) is 59.9 Å². The van der Waals surface area contributed by atoms with Crippen molar-refractivity contribution in [2.75, 3.05) is 13.1 Å². The quantitative estimate of drug-likeness (QED) is 0.711. The third-order valence-corrected chi connectivity index (χ3v) is 4.91. The van der Waals surface area contributed by atoms with Crippen LogP contribution in [-0.4, -0.2) is 38.6 Å². The number of fused-ring (bicyclic) bond motifs is 1. The molecule has 0 unspecified atom stereocenters. The zero-order valence-corrected chi connectivity index (χ0v) is 14.5. The minimum atomic E-state index is -1.02. The zero-order valence-electron chi connectivity index (χ0n) is 14.5.